The third-order valence-corrected chi connectivity index (χ3v) is 5.78. The fourth-order valence-electron chi connectivity index (χ4n) is 4.10. The van der Waals surface area contributed by atoms with E-state index in [4.69, 9.17) is 10.7 Å². The molecule has 1 amide bonds. The molecule has 5 rings (SSSR count). The molecule has 0 unspecified atom stereocenters. The van der Waals surface area contributed by atoms with Crippen molar-refractivity contribution < 1.29 is 4.79 Å². The van der Waals surface area contributed by atoms with Crippen molar-refractivity contribution in [3.05, 3.63) is 78.1 Å². The Labute approximate surface area is 196 Å². The van der Waals surface area contributed by atoms with Gasteiger partial charge >= 0.3 is 0 Å². The van der Waals surface area contributed by atoms with E-state index in [9.17, 15) is 4.79 Å². The van der Waals surface area contributed by atoms with Crippen molar-refractivity contribution in [2.24, 2.45) is 12.8 Å². The second kappa shape index (κ2) is 7.95. The van der Waals surface area contributed by atoms with Crippen LogP contribution in [-0.4, -0.2) is 40.1 Å². The highest BCUT2D eigenvalue weighted by Crippen LogP contribution is 2.36. The molecule has 0 atom stereocenters. The molecule has 172 valence electrons. The molecular weight excluding hydrogens is 428 g/mol. The Kier molecular flexibility index (Phi) is 5.04. The van der Waals surface area contributed by atoms with Crippen molar-refractivity contribution in [3.8, 4) is 22.5 Å². The van der Waals surface area contributed by atoms with E-state index in [1.54, 1.807) is 34.0 Å². The average Bonchev–Trinajstić information content (AvgIpc) is 3.53. The Morgan fingerprint density at radius 3 is 2.59 bits per heavy atom. The van der Waals surface area contributed by atoms with Crippen molar-refractivity contribution in [2.75, 3.05) is 0 Å². The predicted octanol–water partition coefficient (Wildman–Crippen LogP) is 3.44. The van der Waals surface area contributed by atoms with Crippen molar-refractivity contribution in [1.29, 1.82) is 0 Å². The quantitative estimate of drug-likeness (QED) is 0.438. The van der Waals surface area contributed by atoms with Crippen LogP contribution in [0.4, 0.5) is 0 Å². The lowest BCUT2D eigenvalue weighted by molar-refractivity contribution is 0.0995. The fraction of sp³-hybridized carbons (Fsp3) is 0.240. The third kappa shape index (κ3) is 3.96. The molecule has 5 aromatic rings. The van der Waals surface area contributed by atoms with E-state index in [1.807, 2.05) is 30.0 Å². The van der Waals surface area contributed by atoms with E-state index in [1.165, 1.54) is 0 Å². The highest BCUT2D eigenvalue weighted by atomic mass is 16.1. The van der Waals surface area contributed by atoms with E-state index in [2.05, 4.69) is 54.3 Å². The Morgan fingerprint density at radius 2 is 1.91 bits per heavy atom. The van der Waals surface area contributed by atoms with Crippen molar-refractivity contribution in [3.63, 3.8) is 0 Å². The molecule has 4 aromatic heterocycles. The van der Waals surface area contributed by atoms with Crippen molar-refractivity contribution in [2.45, 2.75) is 32.7 Å². The largest absolute Gasteiger partial charge is 0.364 e. The first-order chi connectivity index (χ1) is 16.2. The Balaban J connectivity index is 1.63. The van der Waals surface area contributed by atoms with E-state index in [0.717, 1.165) is 39.2 Å². The van der Waals surface area contributed by atoms with E-state index >= 15 is 0 Å². The molecule has 0 saturated heterocycles. The van der Waals surface area contributed by atoms with Gasteiger partial charge < -0.3 is 5.73 Å². The maximum absolute atomic E-state index is 11.4. The van der Waals surface area contributed by atoms with Crippen LogP contribution in [0.15, 0.2) is 61.3 Å². The summed E-state index contributed by atoms with van der Waals surface area (Å²) in [5.74, 6) is -0.533. The summed E-state index contributed by atoms with van der Waals surface area (Å²) < 4.78 is 5.34. The number of rotatable bonds is 5. The number of benzene rings is 1. The molecule has 0 spiro atoms. The number of carbonyl (C=O) groups is 1. The van der Waals surface area contributed by atoms with Gasteiger partial charge in [0.15, 0.2) is 0 Å². The first-order valence-corrected chi connectivity index (χ1v) is 11.0. The van der Waals surface area contributed by atoms with Gasteiger partial charge in [-0.15, -0.1) is 0 Å². The molecule has 0 aliphatic heterocycles. The zero-order chi connectivity index (χ0) is 24.0. The van der Waals surface area contributed by atoms with E-state index < -0.39 is 5.91 Å². The second-order valence-corrected chi connectivity index (χ2v) is 9.43. The third-order valence-electron chi connectivity index (χ3n) is 5.78. The fourth-order valence-corrected chi connectivity index (χ4v) is 4.10. The van der Waals surface area contributed by atoms with Gasteiger partial charge in [-0.1, -0.05) is 39.0 Å². The van der Waals surface area contributed by atoms with Crippen LogP contribution in [0.2, 0.25) is 0 Å². The second-order valence-electron chi connectivity index (χ2n) is 9.43. The number of nitrogens with two attached hydrogens (primary N) is 1. The van der Waals surface area contributed by atoms with Crippen molar-refractivity contribution in [1.82, 2.24) is 34.2 Å². The zero-order valence-corrected chi connectivity index (χ0v) is 19.6. The molecule has 1 aromatic carbocycles. The predicted molar refractivity (Wildman–Crippen MR) is 129 cm³/mol. The van der Waals surface area contributed by atoms with Crippen LogP contribution >= 0.6 is 0 Å². The van der Waals surface area contributed by atoms with Gasteiger partial charge in [0.1, 0.15) is 5.69 Å². The number of hydrogen-bond donors (Lipinski definition) is 1. The van der Waals surface area contributed by atoms with Gasteiger partial charge in [-0.25, -0.2) is 9.50 Å². The highest BCUT2D eigenvalue weighted by Gasteiger charge is 2.23. The van der Waals surface area contributed by atoms with E-state index in [0.29, 0.717) is 6.54 Å². The van der Waals surface area contributed by atoms with Gasteiger partial charge in [0.25, 0.3) is 5.91 Å². The minimum Gasteiger partial charge on any atom is -0.364 e. The number of carbonyl (C=O) groups excluding carboxylic acids is 1. The number of hydrogen-bond acceptors (Lipinski definition) is 5. The molecule has 0 fully saturated rings. The van der Waals surface area contributed by atoms with Crippen molar-refractivity contribution >= 4 is 11.4 Å². The van der Waals surface area contributed by atoms with Crippen LogP contribution in [0.25, 0.3) is 28.0 Å². The number of aromatic nitrogens is 7. The highest BCUT2D eigenvalue weighted by molar-refractivity contribution is 5.90. The molecule has 4 heterocycles. The van der Waals surface area contributed by atoms with Crippen LogP contribution in [-0.2, 0) is 19.0 Å². The summed E-state index contributed by atoms with van der Waals surface area (Å²) in [7, 11) is 1.89. The first-order valence-electron chi connectivity index (χ1n) is 11.0. The lowest BCUT2D eigenvalue weighted by Gasteiger charge is -2.24. The lowest BCUT2D eigenvalue weighted by atomic mass is 9.81. The smallest absolute Gasteiger partial charge is 0.269 e. The summed E-state index contributed by atoms with van der Waals surface area (Å²) in [6.45, 7) is 7.09. The molecule has 0 aliphatic carbocycles. The van der Waals surface area contributed by atoms with Gasteiger partial charge in [0.2, 0.25) is 0 Å². The van der Waals surface area contributed by atoms with Crippen LogP contribution in [0.1, 0.15) is 42.4 Å². The van der Waals surface area contributed by atoms with Crippen LogP contribution in [0.3, 0.4) is 0 Å². The normalized spacial score (nSPS) is 11.9. The summed E-state index contributed by atoms with van der Waals surface area (Å²) >= 11 is 0. The molecule has 0 bridgehead atoms. The molecule has 9 heteroatoms. The molecule has 0 radical (unpaired) electrons. The van der Waals surface area contributed by atoms with Gasteiger partial charge in [-0.2, -0.15) is 15.3 Å². The summed E-state index contributed by atoms with van der Waals surface area (Å²) in [5.41, 5.74) is 12.3. The Morgan fingerprint density at radius 1 is 1.09 bits per heavy atom. The number of fused-ring (bicyclic) bond motifs is 1. The average molecular weight is 455 g/mol. The van der Waals surface area contributed by atoms with Gasteiger partial charge in [0, 0.05) is 30.6 Å². The SMILES string of the molecule is Cn1cc(-c2cn3nccc3c(-c3ccc(Cn4ccc(C(N)=O)n4)cc3C(C)(C)C)n2)cn1. The topological polar surface area (TPSA) is 109 Å². The Hall–Kier alpha value is -4.27. The lowest BCUT2D eigenvalue weighted by Crippen LogP contribution is -2.15. The number of primary amides is 1. The monoisotopic (exact) mass is 454 g/mol. The summed E-state index contributed by atoms with van der Waals surface area (Å²) in [6.07, 6.45) is 9.22. The standard InChI is InChI=1S/C25H26N8O/c1-25(2,3)19-11-16(13-32-10-8-20(30-32)24(26)34)5-6-18(19)23-22-7-9-27-33(22)15-21(29-23)17-12-28-31(4)14-17/h5-12,14-15H,13H2,1-4H3,(H2,26,34). The molecule has 2 N–H and O–H groups in total. The van der Waals surface area contributed by atoms with Gasteiger partial charge in [0.05, 0.1) is 42.0 Å². The first kappa shape index (κ1) is 21.6. The minimum absolute atomic E-state index is 0.142. The molecule has 0 aliphatic rings. The maximum Gasteiger partial charge on any atom is 0.269 e. The maximum atomic E-state index is 11.4. The van der Waals surface area contributed by atoms with Crippen LogP contribution in [0, 0.1) is 0 Å². The van der Waals surface area contributed by atoms with E-state index in [-0.39, 0.29) is 11.1 Å². The van der Waals surface area contributed by atoms with Gasteiger partial charge in [-0.05, 0) is 28.7 Å². The number of amides is 1. The number of nitrogens with zero attached hydrogens (tertiary/aromatic N) is 7. The van der Waals surface area contributed by atoms with Crippen LogP contribution < -0.4 is 5.73 Å². The zero-order valence-electron chi connectivity index (χ0n) is 19.6. The Bertz CT molecular complexity index is 1520. The summed E-state index contributed by atoms with van der Waals surface area (Å²) in [5, 5.41) is 13.0. The minimum atomic E-state index is -0.533. The molecule has 0 saturated carbocycles. The van der Waals surface area contributed by atoms with Gasteiger partial charge in [-0.3, -0.25) is 14.2 Å². The van der Waals surface area contributed by atoms with Crippen LogP contribution in [0.5, 0.6) is 0 Å². The molecular formula is C25H26N8O. The summed E-state index contributed by atoms with van der Waals surface area (Å²) in [4.78, 5) is 16.5. The molecule has 34 heavy (non-hydrogen) atoms. The number of aryl methyl sites for hydroxylation is 1. The summed E-state index contributed by atoms with van der Waals surface area (Å²) in [6, 6.07) is 9.97. The molecule has 9 nitrogen and oxygen atoms in total.